The van der Waals surface area contributed by atoms with Gasteiger partial charge in [-0.1, -0.05) is 0 Å². The molecule has 0 atom stereocenters. The number of hydrogen-bond acceptors (Lipinski definition) is 0. The summed E-state index contributed by atoms with van der Waals surface area (Å²) >= 11 is -4.30. The molecule has 0 aromatic carbocycles. The monoisotopic (exact) mass is 1050 g/mol. The molecule has 0 radical (unpaired) electrons. The SMILES string of the molecule is C[Si](C)(C)[CH]([Pb]([CH]([Si](C)(C)C)[Si](C)(C)C)=[Pb]([CH]([Si](C)(C)C)[Si](C)(C)C)[CH]([Si](C)(C)C)[Si](C)(C)C)[Si](C)(C)C. The number of rotatable bonds is 12. The average molecular weight is 1050 g/mol. The van der Waals surface area contributed by atoms with Crippen molar-refractivity contribution in [1.82, 2.24) is 0 Å². The zero-order chi connectivity index (χ0) is 31.5. The second-order valence-corrected chi connectivity index (χ2v) is 140. The third-order valence-electron chi connectivity index (χ3n) is 8.51. The van der Waals surface area contributed by atoms with Crippen molar-refractivity contribution in [3.8, 4) is 0 Å². The van der Waals surface area contributed by atoms with Crippen LogP contribution in [0.3, 0.4) is 0 Å². The van der Waals surface area contributed by atoms with E-state index in [1.165, 1.54) is 10.9 Å². The fourth-order valence-electron chi connectivity index (χ4n) is 9.93. The van der Waals surface area contributed by atoms with E-state index < -0.39 is 98.2 Å². The molecule has 10 heteroatoms. The molecule has 0 fully saturated rings. The van der Waals surface area contributed by atoms with Crippen molar-refractivity contribution in [3.05, 3.63) is 0 Å². The van der Waals surface area contributed by atoms with Crippen LogP contribution >= 0.6 is 0 Å². The third kappa shape index (κ3) is 11.5. The molecule has 0 saturated carbocycles. The molecular formula is C28H76Pb2Si8. The Kier molecular flexibility index (Phi) is 14.4. The summed E-state index contributed by atoms with van der Waals surface area (Å²) in [6, 6.07) is 0. The van der Waals surface area contributed by atoms with Crippen LogP contribution in [-0.4, -0.2) is 98.2 Å². The van der Waals surface area contributed by atoms with Crippen LogP contribution < -0.4 is 0 Å². The first-order chi connectivity index (χ1) is 16.0. The maximum absolute atomic E-state index is 2.88. The third-order valence-corrected chi connectivity index (χ3v) is 299. The molecule has 228 valence electrons. The minimum atomic E-state index is -2.15. The molecule has 0 unspecified atom stereocenters. The van der Waals surface area contributed by atoms with Gasteiger partial charge in [0.25, 0.3) is 0 Å². The summed E-state index contributed by atoms with van der Waals surface area (Å²) in [5, 5.41) is 0. The van der Waals surface area contributed by atoms with Crippen LogP contribution in [0.4, 0.5) is 0 Å². The quantitative estimate of drug-likeness (QED) is 0.171. The molecule has 0 bridgehead atoms. The van der Waals surface area contributed by atoms with Crippen LogP contribution in [0, 0.1) is 0 Å². The van der Waals surface area contributed by atoms with Crippen LogP contribution in [0.1, 0.15) is 0 Å². The summed E-state index contributed by atoms with van der Waals surface area (Å²) in [5.74, 6) is 0. The van der Waals surface area contributed by atoms with E-state index in [9.17, 15) is 0 Å². The molecule has 0 aromatic heterocycles. The molecule has 0 rings (SSSR count). The van der Waals surface area contributed by atoms with Crippen molar-refractivity contribution < 1.29 is 0 Å². The van der Waals surface area contributed by atoms with Gasteiger partial charge in [0.2, 0.25) is 0 Å². The van der Waals surface area contributed by atoms with Crippen molar-refractivity contribution >= 4 is 98.2 Å². The first-order valence-electron chi connectivity index (χ1n) is 15.7. The fraction of sp³-hybridized carbons (Fsp3) is 1.00. The predicted molar refractivity (Wildman–Crippen MR) is 213 cm³/mol. The summed E-state index contributed by atoms with van der Waals surface area (Å²) < 4.78 is 5.26. The van der Waals surface area contributed by atoms with Gasteiger partial charge in [-0.25, -0.2) is 0 Å². The van der Waals surface area contributed by atoms with Gasteiger partial charge >= 0.3 is 266 Å². The van der Waals surface area contributed by atoms with E-state index in [0.717, 1.165) is 0 Å². The van der Waals surface area contributed by atoms with E-state index >= 15 is 0 Å². The molecule has 0 aliphatic rings. The van der Waals surface area contributed by atoms with Gasteiger partial charge in [0.05, 0.1) is 0 Å². The van der Waals surface area contributed by atoms with Gasteiger partial charge in [0.15, 0.2) is 0 Å². The molecule has 0 spiro atoms. The van der Waals surface area contributed by atoms with Crippen LogP contribution in [0.5, 0.6) is 0 Å². The summed E-state index contributed by atoms with van der Waals surface area (Å²) in [4.78, 5) is 0. The van der Waals surface area contributed by atoms with Crippen molar-refractivity contribution in [3.63, 3.8) is 0 Å². The van der Waals surface area contributed by atoms with Crippen LogP contribution in [0.25, 0.3) is 0 Å². The summed E-state index contributed by atoms with van der Waals surface area (Å²) in [6.07, 6.45) is 0. The molecule has 0 heterocycles. The van der Waals surface area contributed by atoms with E-state index in [4.69, 9.17) is 0 Å². The Morgan fingerprint density at radius 3 is 0.342 bits per heavy atom. The van der Waals surface area contributed by atoms with Gasteiger partial charge in [0.1, 0.15) is 0 Å². The van der Waals surface area contributed by atoms with Crippen molar-refractivity contribution in [1.29, 1.82) is 0 Å². The molecule has 0 aliphatic heterocycles. The predicted octanol–water partition coefficient (Wildman–Crippen LogP) is 11.6. The van der Waals surface area contributed by atoms with Crippen LogP contribution in [0.15, 0.2) is 0 Å². The Balaban J connectivity index is 9.15. The van der Waals surface area contributed by atoms with Gasteiger partial charge < -0.3 is 0 Å². The zero-order valence-corrected chi connectivity index (χ0v) is 47.1. The first-order valence-corrected chi connectivity index (χ1v) is 72.3. The topological polar surface area (TPSA) is 0 Å². The Morgan fingerprint density at radius 1 is 0.211 bits per heavy atom. The van der Waals surface area contributed by atoms with E-state index in [1.807, 2.05) is 0 Å². The number of hydrogen-bond donors (Lipinski definition) is 0. The van der Waals surface area contributed by atoms with Crippen molar-refractivity contribution in [2.75, 3.05) is 0 Å². The van der Waals surface area contributed by atoms with Crippen LogP contribution in [-0.2, 0) is 0 Å². The van der Waals surface area contributed by atoms with Crippen molar-refractivity contribution in [2.24, 2.45) is 0 Å². The van der Waals surface area contributed by atoms with Gasteiger partial charge in [-0.3, -0.25) is 0 Å². The second kappa shape index (κ2) is 13.1. The summed E-state index contributed by atoms with van der Waals surface area (Å²) in [6.45, 7) is 69.1. The van der Waals surface area contributed by atoms with Gasteiger partial charge in [0, 0.05) is 0 Å². The molecule has 0 amide bonds. The van der Waals surface area contributed by atoms with Gasteiger partial charge in [-0.15, -0.1) is 0 Å². The van der Waals surface area contributed by atoms with E-state index in [1.54, 1.807) is 0 Å². The normalized spacial score (nSPS) is 15.8. The Hall–Kier alpha value is 3.58. The maximum atomic E-state index is 2.88. The molecule has 0 saturated heterocycles. The Morgan fingerprint density at radius 2 is 0.289 bits per heavy atom. The Bertz CT molecular complexity index is 634. The molecular weight excluding hydrogens is 975 g/mol. The average Bonchev–Trinajstić information content (AvgIpc) is 2.41. The van der Waals surface area contributed by atoms with Crippen molar-refractivity contribution in [2.45, 2.75) is 168 Å². The second-order valence-electron chi connectivity index (χ2n) is 21.6. The molecule has 0 aliphatic carbocycles. The van der Waals surface area contributed by atoms with E-state index in [0.29, 0.717) is 0 Å². The van der Waals surface area contributed by atoms with E-state index in [-0.39, 0.29) is 0 Å². The van der Waals surface area contributed by atoms with Crippen LogP contribution in [0.2, 0.25) is 168 Å². The van der Waals surface area contributed by atoms with Gasteiger partial charge in [-0.2, -0.15) is 0 Å². The first kappa shape index (κ1) is 41.6. The fourth-order valence-corrected chi connectivity index (χ4v) is 680. The summed E-state index contributed by atoms with van der Waals surface area (Å²) in [5.41, 5.74) is 0. The molecule has 0 aromatic rings. The molecule has 0 N–H and O–H groups in total. The standard InChI is InChI=1S/4C7H19Si2.2Pb/c4*1-8(2,3)7-9(4,5)6;;/h4*7H,1-6H3;;. The van der Waals surface area contributed by atoms with Gasteiger partial charge in [-0.05, 0) is 0 Å². The minimum absolute atomic E-state index is 1.28. The summed E-state index contributed by atoms with van der Waals surface area (Å²) in [7, 11) is -10.2. The molecule has 38 heavy (non-hydrogen) atoms. The zero-order valence-electron chi connectivity index (χ0n) is 31.3. The molecule has 0 nitrogen and oxygen atoms in total. The Labute approximate surface area is 262 Å². The van der Waals surface area contributed by atoms with E-state index in [2.05, 4.69) is 157 Å².